The maximum Gasteiger partial charge on any atom is 0.152 e. The molecule has 0 fully saturated rings. The van der Waals surface area contributed by atoms with Crippen LogP contribution in [0.3, 0.4) is 0 Å². The molecule has 2 aromatic heterocycles. The first kappa shape index (κ1) is 12.0. The lowest BCUT2D eigenvalue weighted by molar-refractivity contribution is 0.112. The van der Waals surface area contributed by atoms with Crippen molar-refractivity contribution >= 4 is 28.8 Å². The van der Waals surface area contributed by atoms with Gasteiger partial charge in [0.25, 0.3) is 0 Å². The van der Waals surface area contributed by atoms with E-state index in [9.17, 15) is 4.79 Å². The number of carbonyl (C=O) groups is 1. The summed E-state index contributed by atoms with van der Waals surface area (Å²) >= 11 is 6.02. The number of hydrogen-bond acceptors (Lipinski definition) is 2. The van der Waals surface area contributed by atoms with Crippen LogP contribution in [-0.4, -0.2) is 20.6 Å². The molecule has 0 aliphatic carbocycles. The van der Waals surface area contributed by atoms with Crippen molar-refractivity contribution in [3.63, 3.8) is 0 Å². The molecule has 0 atom stereocenters. The van der Waals surface area contributed by atoms with E-state index in [2.05, 4.69) is 5.10 Å². The number of aldehydes is 1. The second-order valence-electron chi connectivity index (χ2n) is 4.33. The van der Waals surface area contributed by atoms with Crippen LogP contribution >= 0.6 is 11.6 Å². The molecule has 0 bridgehead atoms. The SMILES string of the molecule is O=Cc1cn(CCn2cccn2)c2cc(Cl)ccc12. The van der Waals surface area contributed by atoms with Crippen molar-refractivity contribution in [1.29, 1.82) is 0 Å². The molecule has 19 heavy (non-hydrogen) atoms. The van der Waals surface area contributed by atoms with Gasteiger partial charge in [-0.3, -0.25) is 9.48 Å². The standard InChI is InChI=1S/C14H12ClN3O/c15-12-2-3-13-11(10-19)9-17(14(13)8-12)6-7-18-5-1-4-16-18/h1-5,8-10H,6-7H2. The molecule has 0 saturated heterocycles. The van der Waals surface area contributed by atoms with Crippen molar-refractivity contribution in [1.82, 2.24) is 14.3 Å². The number of rotatable bonds is 4. The van der Waals surface area contributed by atoms with E-state index in [4.69, 9.17) is 11.6 Å². The van der Waals surface area contributed by atoms with Gasteiger partial charge in [-0.05, 0) is 18.2 Å². The quantitative estimate of drug-likeness (QED) is 0.686. The lowest BCUT2D eigenvalue weighted by atomic mass is 10.2. The molecule has 96 valence electrons. The Morgan fingerprint density at radius 2 is 2.21 bits per heavy atom. The summed E-state index contributed by atoms with van der Waals surface area (Å²) in [5.41, 5.74) is 1.66. The van der Waals surface area contributed by atoms with Crippen LogP contribution in [0.5, 0.6) is 0 Å². The number of hydrogen-bond donors (Lipinski definition) is 0. The van der Waals surface area contributed by atoms with E-state index in [1.165, 1.54) is 0 Å². The molecule has 0 amide bonds. The summed E-state index contributed by atoms with van der Waals surface area (Å²) in [5, 5.41) is 5.76. The molecule has 2 heterocycles. The zero-order valence-corrected chi connectivity index (χ0v) is 10.9. The second-order valence-corrected chi connectivity index (χ2v) is 4.76. The summed E-state index contributed by atoms with van der Waals surface area (Å²) in [6.45, 7) is 1.49. The number of halogens is 1. The number of fused-ring (bicyclic) bond motifs is 1. The Bertz CT molecular complexity index is 716. The van der Waals surface area contributed by atoms with E-state index >= 15 is 0 Å². The summed E-state index contributed by atoms with van der Waals surface area (Å²) in [7, 11) is 0. The van der Waals surface area contributed by atoms with Gasteiger partial charge in [0, 0.05) is 41.1 Å². The van der Waals surface area contributed by atoms with Crippen molar-refractivity contribution in [3.05, 3.63) is 53.4 Å². The van der Waals surface area contributed by atoms with Gasteiger partial charge in [0.05, 0.1) is 12.1 Å². The normalized spacial score (nSPS) is 11.0. The first-order valence-corrected chi connectivity index (χ1v) is 6.37. The highest BCUT2D eigenvalue weighted by Gasteiger charge is 2.08. The average molecular weight is 274 g/mol. The lowest BCUT2D eigenvalue weighted by Crippen LogP contribution is -2.06. The third-order valence-corrected chi connectivity index (χ3v) is 3.37. The van der Waals surface area contributed by atoms with Crippen LogP contribution in [0, 0.1) is 0 Å². The van der Waals surface area contributed by atoms with Gasteiger partial charge in [-0.25, -0.2) is 0 Å². The molecule has 5 heteroatoms. The highest BCUT2D eigenvalue weighted by atomic mass is 35.5. The van der Waals surface area contributed by atoms with Gasteiger partial charge >= 0.3 is 0 Å². The molecular weight excluding hydrogens is 262 g/mol. The molecule has 0 unspecified atom stereocenters. The van der Waals surface area contributed by atoms with Crippen LogP contribution in [0.15, 0.2) is 42.9 Å². The molecule has 3 rings (SSSR count). The smallest absolute Gasteiger partial charge is 0.152 e. The number of nitrogens with zero attached hydrogens (tertiary/aromatic N) is 3. The van der Waals surface area contributed by atoms with Crippen LogP contribution in [0.4, 0.5) is 0 Å². The van der Waals surface area contributed by atoms with Gasteiger partial charge < -0.3 is 4.57 Å². The molecular formula is C14H12ClN3O. The van der Waals surface area contributed by atoms with Gasteiger partial charge in [-0.2, -0.15) is 5.10 Å². The molecule has 3 aromatic rings. The van der Waals surface area contributed by atoms with E-state index < -0.39 is 0 Å². The summed E-state index contributed by atoms with van der Waals surface area (Å²) in [4.78, 5) is 11.1. The number of benzene rings is 1. The van der Waals surface area contributed by atoms with Gasteiger partial charge in [0.2, 0.25) is 0 Å². The topological polar surface area (TPSA) is 39.8 Å². The Morgan fingerprint density at radius 1 is 1.32 bits per heavy atom. The van der Waals surface area contributed by atoms with Gasteiger partial charge in [-0.1, -0.05) is 17.7 Å². The minimum atomic E-state index is 0.670. The summed E-state index contributed by atoms with van der Waals surface area (Å²) < 4.78 is 3.89. The maximum atomic E-state index is 11.1. The third kappa shape index (κ3) is 2.27. The fourth-order valence-corrected chi connectivity index (χ4v) is 2.38. The number of carbonyl (C=O) groups excluding carboxylic acids is 1. The maximum absolute atomic E-state index is 11.1. The van der Waals surface area contributed by atoms with E-state index in [-0.39, 0.29) is 0 Å². The van der Waals surface area contributed by atoms with Crippen LogP contribution in [0.2, 0.25) is 5.02 Å². The van der Waals surface area contributed by atoms with Crippen molar-refractivity contribution < 1.29 is 4.79 Å². The third-order valence-electron chi connectivity index (χ3n) is 3.13. The van der Waals surface area contributed by atoms with Crippen molar-refractivity contribution in [2.45, 2.75) is 13.1 Å². The highest BCUT2D eigenvalue weighted by molar-refractivity contribution is 6.31. The fourth-order valence-electron chi connectivity index (χ4n) is 2.22. The second kappa shape index (κ2) is 4.90. The van der Waals surface area contributed by atoms with Crippen LogP contribution in [0.1, 0.15) is 10.4 Å². The van der Waals surface area contributed by atoms with E-state index in [1.54, 1.807) is 12.3 Å². The molecule has 0 N–H and O–H groups in total. The molecule has 0 saturated carbocycles. The first-order valence-electron chi connectivity index (χ1n) is 5.99. The zero-order valence-electron chi connectivity index (χ0n) is 10.2. The summed E-state index contributed by atoms with van der Waals surface area (Å²) in [5.74, 6) is 0. The predicted octanol–water partition coefficient (Wildman–Crippen LogP) is 3.00. The predicted molar refractivity (Wildman–Crippen MR) is 74.6 cm³/mol. The van der Waals surface area contributed by atoms with Gasteiger partial charge in [0.15, 0.2) is 6.29 Å². The summed E-state index contributed by atoms with van der Waals surface area (Å²) in [6.07, 6.45) is 6.40. The molecule has 0 aliphatic rings. The number of aromatic nitrogens is 3. The Hall–Kier alpha value is -2.07. The first-order chi connectivity index (χ1) is 9.28. The largest absolute Gasteiger partial charge is 0.345 e. The van der Waals surface area contributed by atoms with Crippen LogP contribution in [0.25, 0.3) is 10.9 Å². The van der Waals surface area contributed by atoms with Gasteiger partial charge in [-0.15, -0.1) is 0 Å². The minimum Gasteiger partial charge on any atom is -0.345 e. The molecule has 0 radical (unpaired) electrons. The van der Waals surface area contributed by atoms with Gasteiger partial charge in [0.1, 0.15) is 0 Å². The highest BCUT2D eigenvalue weighted by Crippen LogP contribution is 2.23. The van der Waals surface area contributed by atoms with E-state index in [1.807, 2.05) is 39.8 Å². The van der Waals surface area contributed by atoms with Crippen molar-refractivity contribution in [2.75, 3.05) is 0 Å². The molecule has 4 nitrogen and oxygen atoms in total. The minimum absolute atomic E-state index is 0.670. The van der Waals surface area contributed by atoms with E-state index in [0.717, 1.165) is 30.3 Å². The fraction of sp³-hybridized carbons (Fsp3) is 0.143. The van der Waals surface area contributed by atoms with Crippen LogP contribution in [-0.2, 0) is 13.1 Å². The Labute approximate surface area is 115 Å². The number of aryl methyl sites for hydroxylation is 2. The van der Waals surface area contributed by atoms with Crippen molar-refractivity contribution in [2.24, 2.45) is 0 Å². The molecule has 0 aliphatic heterocycles. The van der Waals surface area contributed by atoms with Crippen molar-refractivity contribution in [3.8, 4) is 0 Å². The Kier molecular flexibility index (Phi) is 3.09. The molecule has 0 spiro atoms. The average Bonchev–Trinajstić information content (AvgIpc) is 3.03. The Morgan fingerprint density at radius 3 is 2.95 bits per heavy atom. The zero-order chi connectivity index (χ0) is 13.2. The van der Waals surface area contributed by atoms with Crippen LogP contribution < -0.4 is 0 Å². The van der Waals surface area contributed by atoms with E-state index in [0.29, 0.717) is 10.6 Å². The lowest BCUT2D eigenvalue weighted by Gasteiger charge is -2.05. The summed E-state index contributed by atoms with van der Waals surface area (Å²) in [6, 6.07) is 7.45. The monoisotopic (exact) mass is 273 g/mol. The Balaban J connectivity index is 1.98. The molecule has 1 aromatic carbocycles.